The maximum absolute atomic E-state index is 6.21. The van der Waals surface area contributed by atoms with E-state index in [-0.39, 0.29) is 12.1 Å². The Kier molecular flexibility index (Phi) is 5.02. The maximum atomic E-state index is 6.21. The molecular weight excluding hydrogens is 322 g/mol. The van der Waals surface area contributed by atoms with Crippen molar-refractivity contribution in [2.75, 3.05) is 0 Å². The zero-order valence-corrected chi connectivity index (χ0v) is 13.5. The highest BCUT2D eigenvalue weighted by Gasteiger charge is 2.22. The summed E-state index contributed by atoms with van der Waals surface area (Å²) >= 11 is 5.20. The Bertz CT molecular complexity index is 540. The van der Waals surface area contributed by atoms with Crippen LogP contribution in [0.5, 0.6) is 5.75 Å². The van der Waals surface area contributed by atoms with Crippen LogP contribution in [0.3, 0.4) is 0 Å². The van der Waals surface area contributed by atoms with Gasteiger partial charge in [0, 0.05) is 20.3 Å². The predicted molar refractivity (Wildman–Crippen MR) is 84.8 cm³/mol. The Morgan fingerprint density at radius 2 is 2.11 bits per heavy atom. The van der Waals surface area contributed by atoms with Crippen LogP contribution in [0, 0.1) is 6.92 Å². The van der Waals surface area contributed by atoms with Gasteiger partial charge >= 0.3 is 0 Å². The number of rotatable bonds is 5. The van der Waals surface area contributed by atoms with Gasteiger partial charge < -0.3 is 10.5 Å². The number of thiophene rings is 1. The molecule has 0 aliphatic carbocycles. The molecule has 0 bridgehead atoms. The Labute approximate surface area is 126 Å². The molecule has 1 aromatic carbocycles. The summed E-state index contributed by atoms with van der Waals surface area (Å²) in [6, 6.07) is 12.1. The summed E-state index contributed by atoms with van der Waals surface area (Å²) in [6.07, 6.45) is 0.799. The fourth-order valence-electron chi connectivity index (χ4n) is 1.86. The van der Waals surface area contributed by atoms with E-state index < -0.39 is 0 Å². The summed E-state index contributed by atoms with van der Waals surface area (Å²) in [6.45, 7) is 4.18. The van der Waals surface area contributed by atoms with Crippen molar-refractivity contribution in [2.24, 2.45) is 5.73 Å². The van der Waals surface area contributed by atoms with Crippen LogP contribution in [0.4, 0.5) is 0 Å². The molecule has 0 saturated heterocycles. The number of ether oxygens (including phenoxy) is 1. The largest absolute Gasteiger partial charge is 0.483 e. The van der Waals surface area contributed by atoms with E-state index in [4.69, 9.17) is 10.5 Å². The molecule has 2 unspecified atom stereocenters. The lowest BCUT2D eigenvalue weighted by atomic mass is 10.1. The van der Waals surface area contributed by atoms with Crippen LogP contribution in [0.15, 0.2) is 40.9 Å². The molecule has 0 radical (unpaired) electrons. The van der Waals surface area contributed by atoms with E-state index >= 15 is 0 Å². The molecule has 2 N–H and O–H groups in total. The number of hydrogen-bond acceptors (Lipinski definition) is 3. The van der Waals surface area contributed by atoms with Gasteiger partial charge in [0.2, 0.25) is 0 Å². The van der Waals surface area contributed by atoms with E-state index in [1.807, 2.05) is 24.3 Å². The van der Waals surface area contributed by atoms with Crippen molar-refractivity contribution >= 4 is 27.3 Å². The van der Waals surface area contributed by atoms with Crippen molar-refractivity contribution in [3.8, 4) is 5.75 Å². The molecule has 2 aromatic rings. The summed E-state index contributed by atoms with van der Waals surface area (Å²) in [5.41, 5.74) is 6.21. The average molecular weight is 340 g/mol. The quantitative estimate of drug-likeness (QED) is 0.858. The lowest BCUT2D eigenvalue weighted by molar-refractivity contribution is 0.174. The predicted octanol–water partition coefficient (Wildman–Crippen LogP) is 4.68. The van der Waals surface area contributed by atoms with Crippen molar-refractivity contribution in [3.63, 3.8) is 0 Å². The molecular formula is C15H18BrNOS. The minimum absolute atomic E-state index is 0.00275. The van der Waals surface area contributed by atoms with Gasteiger partial charge in [-0.2, -0.15) is 0 Å². The summed E-state index contributed by atoms with van der Waals surface area (Å²) < 4.78 is 7.11. The van der Waals surface area contributed by atoms with Gasteiger partial charge in [0.05, 0.1) is 0 Å². The Hall–Kier alpha value is -0.840. The fraction of sp³-hybridized carbons (Fsp3) is 0.333. The van der Waals surface area contributed by atoms with E-state index in [9.17, 15) is 0 Å². The smallest absolute Gasteiger partial charge is 0.148 e. The fourth-order valence-corrected chi connectivity index (χ4v) is 3.23. The van der Waals surface area contributed by atoms with E-state index in [1.54, 1.807) is 11.3 Å². The first-order chi connectivity index (χ1) is 9.10. The summed E-state index contributed by atoms with van der Waals surface area (Å²) in [5.74, 6) is 0.842. The lowest BCUT2D eigenvalue weighted by Gasteiger charge is -2.23. The normalized spacial score (nSPS) is 14.1. The first-order valence-corrected chi connectivity index (χ1v) is 7.95. The number of halogens is 1. The van der Waals surface area contributed by atoms with E-state index in [0.717, 1.165) is 16.6 Å². The first-order valence-electron chi connectivity index (χ1n) is 6.34. The van der Waals surface area contributed by atoms with E-state index in [2.05, 4.69) is 41.9 Å². The van der Waals surface area contributed by atoms with Crippen LogP contribution in [-0.4, -0.2) is 6.04 Å². The van der Waals surface area contributed by atoms with Crippen LogP contribution in [-0.2, 0) is 0 Å². The zero-order chi connectivity index (χ0) is 13.8. The molecule has 2 atom stereocenters. The molecule has 0 aliphatic heterocycles. The standard InChI is InChI=1S/C15H18BrNOS/c1-3-13(17)15(14-8-7-10(2)19-14)18-12-6-4-5-11(16)9-12/h4-9,13,15H,3,17H2,1-2H3. The molecule has 2 rings (SSSR count). The van der Waals surface area contributed by atoms with Crippen LogP contribution in [0.1, 0.15) is 29.2 Å². The lowest BCUT2D eigenvalue weighted by Crippen LogP contribution is -2.30. The Balaban J connectivity index is 2.24. The third kappa shape index (κ3) is 3.81. The van der Waals surface area contributed by atoms with Gasteiger partial charge in [-0.15, -0.1) is 11.3 Å². The monoisotopic (exact) mass is 339 g/mol. The van der Waals surface area contributed by atoms with Gasteiger partial charge in [0.25, 0.3) is 0 Å². The average Bonchev–Trinajstić information content (AvgIpc) is 2.81. The van der Waals surface area contributed by atoms with Crippen molar-refractivity contribution in [2.45, 2.75) is 32.4 Å². The SMILES string of the molecule is CCC(N)C(Oc1cccc(Br)c1)c1ccc(C)s1. The molecule has 0 fully saturated rings. The van der Waals surface area contributed by atoms with Gasteiger partial charge in [-0.1, -0.05) is 28.9 Å². The number of hydrogen-bond donors (Lipinski definition) is 1. The highest BCUT2D eigenvalue weighted by atomic mass is 79.9. The third-order valence-electron chi connectivity index (χ3n) is 2.96. The Morgan fingerprint density at radius 1 is 1.32 bits per heavy atom. The molecule has 19 heavy (non-hydrogen) atoms. The second kappa shape index (κ2) is 6.55. The van der Waals surface area contributed by atoms with Crippen LogP contribution < -0.4 is 10.5 Å². The summed E-state index contributed by atoms with van der Waals surface area (Å²) in [7, 11) is 0. The molecule has 1 heterocycles. The van der Waals surface area contributed by atoms with Gasteiger partial charge in [-0.3, -0.25) is 0 Å². The van der Waals surface area contributed by atoms with Crippen molar-refractivity contribution < 1.29 is 4.74 Å². The van der Waals surface area contributed by atoms with Gasteiger partial charge in [-0.05, 0) is 43.7 Å². The first kappa shape index (κ1) is 14.6. The molecule has 0 aliphatic rings. The van der Waals surface area contributed by atoms with Gasteiger partial charge in [0.1, 0.15) is 11.9 Å². The highest BCUT2D eigenvalue weighted by Crippen LogP contribution is 2.31. The van der Waals surface area contributed by atoms with E-state index in [0.29, 0.717) is 0 Å². The maximum Gasteiger partial charge on any atom is 0.148 e. The molecule has 2 nitrogen and oxygen atoms in total. The molecule has 1 aromatic heterocycles. The van der Waals surface area contributed by atoms with Gasteiger partial charge in [-0.25, -0.2) is 0 Å². The topological polar surface area (TPSA) is 35.2 Å². The van der Waals surface area contributed by atoms with Crippen molar-refractivity contribution in [1.82, 2.24) is 0 Å². The summed E-state index contributed by atoms with van der Waals surface area (Å²) in [4.78, 5) is 2.47. The van der Waals surface area contributed by atoms with Crippen molar-refractivity contribution in [3.05, 3.63) is 50.6 Å². The highest BCUT2D eigenvalue weighted by molar-refractivity contribution is 9.10. The second-order valence-electron chi connectivity index (χ2n) is 4.52. The number of benzene rings is 1. The third-order valence-corrected chi connectivity index (χ3v) is 4.52. The minimum atomic E-state index is -0.0852. The molecule has 0 saturated carbocycles. The molecule has 4 heteroatoms. The minimum Gasteiger partial charge on any atom is -0.483 e. The van der Waals surface area contributed by atoms with E-state index in [1.165, 1.54) is 9.75 Å². The zero-order valence-electron chi connectivity index (χ0n) is 11.1. The number of aryl methyl sites for hydroxylation is 1. The summed E-state index contributed by atoms with van der Waals surface area (Å²) in [5, 5.41) is 0. The van der Waals surface area contributed by atoms with Gasteiger partial charge in [0.15, 0.2) is 0 Å². The molecule has 0 amide bonds. The van der Waals surface area contributed by atoms with Crippen LogP contribution in [0.2, 0.25) is 0 Å². The van der Waals surface area contributed by atoms with Crippen molar-refractivity contribution in [1.29, 1.82) is 0 Å². The van der Waals surface area contributed by atoms with Crippen LogP contribution in [0.25, 0.3) is 0 Å². The second-order valence-corrected chi connectivity index (χ2v) is 6.75. The molecule has 102 valence electrons. The Morgan fingerprint density at radius 3 is 2.68 bits per heavy atom. The molecule has 0 spiro atoms. The number of nitrogens with two attached hydrogens (primary N) is 1. The van der Waals surface area contributed by atoms with Crippen LogP contribution >= 0.6 is 27.3 Å².